The van der Waals surface area contributed by atoms with Crippen LogP contribution in [-0.2, 0) is 13.5 Å². The first-order valence-electron chi connectivity index (χ1n) is 5.60. The summed E-state index contributed by atoms with van der Waals surface area (Å²) in [6.07, 6.45) is -0.190. The molecule has 1 aromatic carbocycles. The van der Waals surface area contributed by atoms with Crippen LogP contribution in [0.1, 0.15) is 23.1 Å². The van der Waals surface area contributed by atoms with Crippen molar-refractivity contribution in [1.82, 2.24) is 9.78 Å². The second kappa shape index (κ2) is 5.31. The molecule has 1 atom stereocenters. The molecule has 1 N–H and O–H groups in total. The summed E-state index contributed by atoms with van der Waals surface area (Å²) < 4.78 is 1.68. The number of halogens is 2. The van der Waals surface area contributed by atoms with Crippen molar-refractivity contribution in [2.24, 2.45) is 7.05 Å². The first-order valence-corrected chi connectivity index (χ1v) is 6.35. The van der Waals surface area contributed by atoms with Gasteiger partial charge in [0.15, 0.2) is 0 Å². The van der Waals surface area contributed by atoms with Crippen molar-refractivity contribution >= 4 is 23.2 Å². The molecule has 1 aromatic heterocycles. The van der Waals surface area contributed by atoms with Gasteiger partial charge in [0.1, 0.15) is 0 Å². The fourth-order valence-corrected chi connectivity index (χ4v) is 2.43. The highest BCUT2D eigenvalue weighted by atomic mass is 35.5. The van der Waals surface area contributed by atoms with Gasteiger partial charge >= 0.3 is 0 Å². The van der Waals surface area contributed by atoms with E-state index in [1.165, 1.54) is 0 Å². The van der Waals surface area contributed by atoms with Gasteiger partial charge in [-0.3, -0.25) is 4.68 Å². The third-order valence-electron chi connectivity index (χ3n) is 2.81. The predicted octanol–water partition coefficient (Wildman–Crippen LogP) is 3.31. The molecule has 0 saturated carbocycles. The molecule has 0 bridgehead atoms. The summed E-state index contributed by atoms with van der Waals surface area (Å²) >= 11 is 11.9. The molecule has 1 unspecified atom stereocenters. The summed E-state index contributed by atoms with van der Waals surface area (Å²) in [4.78, 5) is 0. The van der Waals surface area contributed by atoms with Gasteiger partial charge in [-0.1, -0.05) is 29.3 Å². The lowest BCUT2D eigenvalue weighted by molar-refractivity contribution is 0.168. The highest BCUT2D eigenvalue weighted by molar-refractivity contribution is 6.35. The maximum absolute atomic E-state index is 10.2. The third-order valence-corrected chi connectivity index (χ3v) is 3.39. The van der Waals surface area contributed by atoms with Gasteiger partial charge in [0.2, 0.25) is 0 Å². The second-order valence-corrected chi connectivity index (χ2v) is 5.13. The fraction of sp³-hybridized carbons (Fsp3) is 0.308. The Morgan fingerprint density at radius 3 is 2.61 bits per heavy atom. The van der Waals surface area contributed by atoms with Crippen LogP contribution in [0.2, 0.25) is 10.0 Å². The van der Waals surface area contributed by atoms with Crippen molar-refractivity contribution in [1.29, 1.82) is 0 Å². The largest absolute Gasteiger partial charge is 0.386 e. The Labute approximate surface area is 116 Å². The Balaban J connectivity index is 2.21. The quantitative estimate of drug-likeness (QED) is 0.939. The van der Waals surface area contributed by atoms with E-state index in [1.54, 1.807) is 16.8 Å². The Hall–Kier alpha value is -1.03. The van der Waals surface area contributed by atoms with E-state index in [0.29, 0.717) is 16.5 Å². The number of hydrogen-bond donors (Lipinski definition) is 1. The van der Waals surface area contributed by atoms with E-state index in [0.717, 1.165) is 17.0 Å². The Morgan fingerprint density at radius 1 is 1.33 bits per heavy atom. The second-order valence-electron chi connectivity index (χ2n) is 4.29. The number of benzene rings is 1. The highest BCUT2D eigenvalue weighted by Crippen LogP contribution is 2.26. The molecule has 0 spiro atoms. The smallest absolute Gasteiger partial charge is 0.0997 e. The van der Waals surface area contributed by atoms with Crippen LogP contribution in [0, 0.1) is 6.92 Å². The molecule has 2 rings (SSSR count). The maximum atomic E-state index is 10.2. The van der Waals surface area contributed by atoms with Crippen molar-refractivity contribution in [2.45, 2.75) is 19.4 Å². The molecule has 1 heterocycles. The van der Waals surface area contributed by atoms with Gasteiger partial charge in [-0.2, -0.15) is 5.10 Å². The van der Waals surface area contributed by atoms with Gasteiger partial charge < -0.3 is 5.11 Å². The number of nitrogens with zero attached hydrogens (tertiary/aromatic N) is 2. The first kappa shape index (κ1) is 13.4. The number of aliphatic hydroxyl groups excluding tert-OH is 1. The molecule has 0 fully saturated rings. The van der Waals surface area contributed by atoms with E-state index in [9.17, 15) is 5.11 Å². The zero-order valence-corrected chi connectivity index (χ0v) is 11.7. The number of aryl methyl sites for hydroxylation is 2. The molecule has 2 aromatic rings. The van der Waals surface area contributed by atoms with Gasteiger partial charge in [0.25, 0.3) is 0 Å². The number of aliphatic hydroxyl groups is 1. The monoisotopic (exact) mass is 284 g/mol. The zero-order valence-electron chi connectivity index (χ0n) is 10.2. The first-order chi connectivity index (χ1) is 8.47. The molecule has 0 aliphatic heterocycles. The highest BCUT2D eigenvalue weighted by Gasteiger charge is 2.15. The van der Waals surface area contributed by atoms with Gasteiger partial charge in [-0.25, -0.2) is 0 Å². The minimum Gasteiger partial charge on any atom is -0.386 e. The van der Waals surface area contributed by atoms with E-state index in [4.69, 9.17) is 23.2 Å². The van der Waals surface area contributed by atoms with Gasteiger partial charge in [-0.05, 0) is 30.7 Å². The molecule has 0 saturated heterocycles. The summed E-state index contributed by atoms with van der Waals surface area (Å²) in [5.41, 5.74) is 2.53. The molecule has 0 radical (unpaired) electrons. The average Bonchev–Trinajstić information content (AvgIpc) is 2.62. The Bertz CT molecular complexity index is 566. The normalized spacial score (nSPS) is 12.7. The van der Waals surface area contributed by atoms with Crippen LogP contribution in [0.25, 0.3) is 0 Å². The molecule has 0 aliphatic rings. The Morgan fingerprint density at radius 2 is 2.06 bits per heavy atom. The Kier molecular flexibility index (Phi) is 3.95. The van der Waals surface area contributed by atoms with Gasteiger partial charge in [-0.15, -0.1) is 0 Å². The summed E-state index contributed by atoms with van der Waals surface area (Å²) in [6, 6.07) is 7.15. The molecular weight excluding hydrogens is 271 g/mol. The van der Waals surface area contributed by atoms with Gasteiger partial charge in [0.05, 0.1) is 17.5 Å². The molecular formula is C13H14Cl2N2O. The number of rotatable bonds is 3. The summed E-state index contributed by atoms with van der Waals surface area (Å²) in [7, 11) is 1.81. The topological polar surface area (TPSA) is 38.0 Å². The minimum absolute atomic E-state index is 0.439. The van der Waals surface area contributed by atoms with Crippen molar-refractivity contribution in [3.05, 3.63) is 51.3 Å². The van der Waals surface area contributed by atoms with Crippen LogP contribution >= 0.6 is 23.2 Å². The van der Waals surface area contributed by atoms with E-state index < -0.39 is 6.10 Å². The molecule has 5 heteroatoms. The predicted molar refractivity (Wildman–Crippen MR) is 73.1 cm³/mol. The average molecular weight is 285 g/mol. The van der Waals surface area contributed by atoms with Crippen molar-refractivity contribution in [3.8, 4) is 0 Å². The van der Waals surface area contributed by atoms with E-state index in [1.807, 2.05) is 26.1 Å². The van der Waals surface area contributed by atoms with Crippen LogP contribution in [0.15, 0.2) is 24.3 Å². The molecule has 18 heavy (non-hydrogen) atoms. The van der Waals surface area contributed by atoms with Crippen LogP contribution in [-0.4, -0.2) is 14.9 Å². The third kappa shape index (κ3) is 2.86. The summed E-state index contributed by atoms with van der Waals surface area (Å²) in [6.45, 7) is 1.89. The SMILES string of the molecule is Cc1cc(C(O)Cc2ccc(Cl)cc2Cl)n(C)n1. The number of aromatic nitrogens is 2. The van der Waals surface area contributed by atoms with E-state index in [2.05, 4.69) is 5.10 Å². The van der Waals surface area contributed by atoms with Crippen LogP contribution in [0.4, 0.5) is 0 Å². The summed E-state index contributed by atoms with van der Waals surface area (Å²) in [5.74, 6) is 0. The molecule has 96 valence electrons. The van der Waals surface area contributed by atoms with Crippen molar-refractivity contribution in [2.75, 3.05) is 0 Å². The summed E-state index contributed by atoms with van der Waals surface area (Å²) in [5, 5.41) is 15.6. The zero-order chi connectivity index (χ0) is 13.3. The van der Waals surface area contributed by atoms with Crippen molar-refractivity contribution < 1.29 is 5.11 Å². The van der Waals surface area contributed by atoms with E-state index >= 15 is 0 Å². The standard InChI is InChI=1S/C13H14Cl2N2O/c1-8-5-12(17(2)16-8)13(18)6-9-3-4-10(14)7-11(9)15/h3-5,7,13,18H,6H2,1-2H3. The van der Waals surface area contributed by atoms with Gasteiger partial charge in [0, 0.05) is 23.5 Å². The molecule has 0 aliphatic carbocycles. The van der Waals surface area contributed by atoms with Crippen LogP contribution in [0.3, 0.4) is 0 Å². The van der Waals surface area contributed by atoms with Crippen LogP contribution in [0.5, 0.6) is 0 Å². The lowest BCUT2D eigenvalue weighted by atomic mass is 10.1. The minimum atomic E-state index is -0.630. The lowest BCUT2D eigenvalue weighted by Gasteiger charge is -2.12. The number of hydrogen-bond acceptors (Lipinski definition) is 2. The molecule has 3 nitrogen and oxygen atoms in total. The lowest BCUT2D eigenvalue weighted by Crippen LogP contribution is -2.08. The fourth-order valence-electron chi connectivity index (χ4n) is 1.94. The molecule has 0 amide bonds. The van der Waals surface area contributed by atoms with Crippen LogP contribution < -0.4 is 0 Å². The van der Waals surface area contributed by atoms with E-state index in [-0.39, 0.29) is 0 Å². The maximum Gasteiger partial charge on any atom is 0.0997 e. The van der Waals surface area contributed by atoms with Crippen molar-refractivity contribution in [3.63, 3.8) is 0 Å².